The van der Waals surface area contributed by atoms with Crippen LogP contribution in [0.5, 0.6) is 5.75 Å². The van der Waals surface area contributed by atoms with Crippen LogP contribution in [-0.4, -0.2) is 23.6 Å². The molecule has 3 aromatic rings. The molecule has 5 heteroatoms. The van der Waals surface area contributed by atoms with Gasteiger partial charge in [-0.15, -0.1) is 0 Å². The summed E-state index contributed by atoms with van der Waals surface area (Å²) >= 11 is 0. The van der Waals surface area contributed by atoms with E-state index in [2.05, 4.69) is 44.9 Å². The number of hydrogen-bond acceptors (Lipinski definition) is 5. The number of hydrogen-bond donors (Lipinski definition) is 2. The number of nitrogens with one attached hydrogen (secondary N) is 2. The predicted octanol–water partition coefficient (Wildman–Crippen LogP) is 4.14. The minimum Gasteiger partial charge on any atom is -0.497 e. The Kier molecular flexibility index (Phi) is 6.42. The maximum atomic E-state index is 5.17. The zero-order valence-electron chi connectivity index (χ0n) is 15.0. The lowest BCUT2D eigenvalue weighted by molar-refractivity contribution is 0.414. The minimum absolute atomic E-state index is 0.651. The standard InChI is InChI=1S/C21H24N4O/c1-26-19-11-9-18(10-12-19)16-24-20-13-15-23-21(25-20)22-14-5-8-17-6-3-2-4-7-17/h2-4,6-7,9-13,15H,5,8,14,16H2,1H3,(H2,22,23,24,25). The number of methoxy groups -OCH3 is 1. The SMILES string of the molecule is COc1ccc(CNc2ccnc(NCCCc3ccccc3)n2)cc1. The Bertz CT molecular complexity index is 791. The Labute approximate surface area is 154 Å². The molecule has 2 N–H and O–H groups in total. The molecule has 1 heterocycles. The topological polar surface area (TPSA) is 59.1 Å². The summed E-state index contributed by atoms with van der Waals surface area (Å²) in [5, 5.41) is 6.61. The fraction of sp³-hybridized carbons (Fsp3) is 0.238. The number of nitrogens with zero attached hydrogens (tertiary/aromatic N) is 2. The summed E-state index contributed by atoms with van der Waals surface area (Å²) in [6.45, 7) is 1.55. The molecular weight excluding hydrogens is 324 g/mol. The Balaban J connectivity index is 1.45. The van der Waals surface area contributed by atoms with E-state index in [9.17, 15) is 0 Å². The molecular formula is C21H24N4O. The summed E-state index contributed by atoms with van der Waals surface area (Å²) in [5.41, 5.74) is 2.52. The molecule has 0 aliphatic rings. The van der Waals surface area contributed by atoms with Crippen LogP contribution in [0.2, 0.25) is 0 Å². The highest BCUT2D eigenvalue weighted by atomic mass is 16.5. The first-order valence-corrected chi connectivity index (χ1v) is 8.81. The molecule has 0 aliphatic heterocycles. The van der Waals surface area contributed by atoms with E-state index >= 15 is 0 Å². The van der Waals surface area contributed by atoms with Gasteiger partial charge in [-0.25, -0.2) is 4.98 Å². The molecule has 0 bridgehead atoms. The van der Waals surface area contributed by atoms with Crippen LogP contribution in [0.25, 0.3) is 0 Å². The first-order valence-electron chi connectivity index (χ1n) is 8.81. The second-order valence-electron chi connectivity index (χ2n) is 5.98. The third-order valence-electron chi connectivity index (χ3n) is 4.06. The van der Waals surface area contributed by atoms with E-state index in [1.165, 1.54) is 11.1 Å². The van der Waals surface area contributed by atoms with Crippen LogP contribution in [0, 0.1) is 0 Å². The molecule has 26 heavy (non-hydrogen) atoms. The Morgan fingerprint density at radius 1 is 0.885 bits per heavy atom. The van der Waals surface area contributed by atoms with Gasteiger partial charge in [0.15, 0.2) is 0 Å². The fourth-order valence-electron chi connectivity index (χ4n) is 2.62. The highest BCUT2D eigenvalue weighted by Gasteiger charge is 2.00. The van der Waals surface area contributed by atoms with Gasteiger partial charge in [0.05, 0.1) is 7.11 Å². The molecule has 0 spiro atoms. The first-order chi connectivity index (χ1) is 12.8. The van der Waals surface area contributed by atoms with Gasteiger partial charge in [-0.2, -0.15) is 4.98 Å². The Hall–Kier alpha value is -3.08. The van der Waals surface area contributed by atoms with E-state index < -0.39 is 0 Å². The van der Waals surface area contributed by atoms with Gasteiger partial charge in [0, 0.05) is 19.3 Å². The van der Waals surface area contributed by atoms with Gasteiger partial charge in [0.25, 0.3) is 0 Å². The van der Waals surface area contributed by atoms with Crippen molar-refractivity contribution in [3.05, 3.63) is 78.0 Å². The minimum atomic E-state index is 0.651. The normalized spacial score (nSPS) is 10.3. The summed E-state index contributed by atoms with van der Waals surface area (Å²) in [4.78, 5) is 8.79. The number of ether oxygens (including phenoxy) is 1. The molecule has 134 valence electrons. The van der Waals surface area contributed by atoms with Crippen molar-refractivity contribution >= 4 is 11.8 Å². The van der Waals surface area contributed by atoms with Crippen LogP contribution in [-0.2, 0) is 13.0 Å². The second kappa shape index (κ2) is 9.42. The van der Waals surface area contributed by atoms with E-state index in [0.717, 1.165) is 31.0 Å². The summed E-state index contributed by atoms with van der Waals surface area (Å²) in [6.07, 6.45) is 3.85. The van der Waals surface area contributed by atoms with Crippen molar-refractivity contribution in [2.75, 3.05) is 24.3 Å². The highest BCUT2D eigenvalue weighted by molar-refractivity contribution is 5.40. The molecule has 5 nitrogen and oxygen atoms in total. The van der Waals surface area contributed by atoms with Crippen molar-refractivity contribution in [1.82, 2.24) is 9.97 Å². The van der Waals surface area contributed by atoms with E-state index in [4.69, 9.17) is 4.74 Å². The number of aromatic nitrogens is 2. The monoisotopic (exact) mass is 348 g/mol. The molecule has 0 radical (unpaired) electrons. The molecule has 0 aliphatic carbocycles. The molecule has 3 rings (SSSR count). The quantitative estimate of drug-likeness (QED) is 0.569. The molecule has 1 aromatic heterocycles. The smallest absolute Gasteiger partial charge is 0.224 e. The van der Waals surface area contributed by atoms with Crippen molar-refractivity contribution in [2.45, 2.75) is 19.4 Å². The third-order valence-corrected chi connectivity index (χ3v) is 4.06. The van der Waals surface area contributed by atoms with Gasteiger partial charge in [-0.1, -0.05) is 42.5 Å². The lowest BCUT2D eigenvalue weighted by Gasteiger charge is -2.09. The number of rotatable bonds is 9. The maximum Gasteiger partial charge on any atom is 0.224 e. The summed E-state index contributed by atoms with van der Waals surface area (Å²) in [5.74, 6) is 2.32. The number of aryl methyl sites for hydroxylation is 1. The zero-order valence-corrected chi connectivity index (χ0v) is 15.0. The van der Waals surface area contributed by atoms with E-state index in [0.29, 0.717) is 12.5 Å². The van der Waals surface area contributed by atoms with Crippen LogP contribution in [0.1, 0.15) is 17.5 Å². The van der Waals surface area contributed by atoms with Crippen molar-refractivity contribution in [2.24, 2.45) is 0 Å². The molecule has 0 amide bonds. The highest BCUT2D eigenvalue weighted by Crippen LogP contribution is 2.13. The largest absolute Gasteiger partial charge is 0.497 e. The van der Waals surface area contributed by atoms with E-state index in [1.54, 1.807) is 13.3 Å². The summed E-state index contributed by atoms with van der Waals surface area (Å²) in [7, 11) is 1.67. The van der Waals surface area contributed by atoms with Gasteiger partial charge in [0.2, 0.25) is 5.95 Å². The van der Waals surface area contributed by atoms with Crippen molar-refractivity contribution in [1.29, 1.82) is 0 Å². The van der Waals surface area contributed by atoms with Crippen molar-refractivity contribution in [3.63, 3.8) is 0 Å². The summed E-state index contributed by atoms with van der Waals surface area (Å²) in [6, 6.07) is 20.4. The molecule has 0 saturated carbocycles. The van der Waals surface area contributed by atoms with E-state index in [-0.39, 0.29) is 0 Å². The first kappa shape index (κ1) is 17.7. The van der Waals surface area contributed by atoms with Crippen LogP contribution >= 0.6 is 0 Å². The average molecular weight is 348 g/mol. The summed E-state index contributed by atoms with van der Waals surface area (Å²) < 4.78 is 5.17. The van der Waals surface area contributed by atoms with Gasteiger partial charge < -0.3 is 15.4 Å². The molecule has 0 fully saturated rings. The molecule has 0 unspecified atom stereocenters. The van der Waals surface area contributed by atoms with E-state index in [1.807, 2.05) is 36.4 Å². The second-order valence-corrected chi connectivity index (χ2v) is 5.98. The number of anilines is 2. The van der Waals surface area contributed by atoms with Crippen LogP contribution in [0.15, 0.2) is 66.9 Å². The molecule has 0 atom stereocenters. The van der Waals surface area contributed by atoms with Gasteiger partial charge in [-0.05, 0) is 42.2 Å². The Morgan fingerprint density at radius 3 is 2.46 bits per heavy atom. The average Bonchev–Trinajstić information content (AvgIpc) is 2.71. The predicted molar refractivity (Wildman–Crippen MR) is 106 cm³/mol. The van der Waals surface area contributed by atoms with Gasteiger partial charge >= 0.3 is 0 Å². The van der Waals surface area contributed by atoms with Gasteiger partial charge in [-0.3, -0.25) is 0 Å². The van der Waals surface area contributed by atoms with Crippen molar-refractivity contribution in [3.8, 4) is 5.75 Å². The maximum absolute atomic E-state index is 5.17. The van der Waals surface area contributed by atoms with Crippen LogP contribution in [0.3, 0.4) is 0 Å². The van der Waals surface area contributed by atoms with Crippen molar-refractivity contribution < 1.29 is 4.74 Å². The lowest BCUT2D eigenvalue weighted by Crippen LogP contribution is -2.08. The van der Waals surface area contributed by atoms with Crippen LogP contribution < -0.4 is 15.4 Å². The Morgan fingerprint density at radius 2 is 1.69 bits per heavy atom. The fourth-order valence-corrected chi connectivity index (χ4v) is 2.62. The third kappa shape index (κ3) is 5.48. The number of benzene rings is 2. The lowest BCUT2D eigenvalue weighted by atomic mass is 10.1. The van der Waals surface area contributed by atoms with Crippen LogP contribution in [0.4, 0.5) is 11.8 Å². The molecule has 2 aromatic carbocycles. The van der Waals surface area contributed by atoms with Gasteiger partial charge in [0.1, 0.15) is 11.6 Å². The molecule has 0 saturated heterocycles. The zero-order chi connectivity index (χ0) is 18.0.